The number of sulfonamides is 2. The first-order valence-corrected chi connectivity index (χ1v) is 14.5. The molecule has 2 fully saturated rings. The Kier molecular flexibility index (Phi) is 7.55. The van der Waals surface area contributed by atoms with Gasteiger partial charge in [0, 0.05) is 45.8 Å². The van der Waals surface area contributed by atoms with E-state index in [0.717, 1.165) is 18.7 Å². The summed E-state index contributed by atoms with van der Waals surface area (Å²) in [5.74, 6) is 0. The van der Waals surface area contributed by atoms with Crippen LogP contribution in [0.3, 0.4) is 0 Å². The second kappa shape index (κ2) is 10.2. The van der Waals surface area contributed by atoms with E-state index in [2.05, 4.69) is 4.90 Å². The molecule has 0 bridgehead atoms. The van der Waals surface area contributed by atoms with Crippen LogP contribution in [0.15, 0.2) is 64.4 Å². The van der Waals surface area contributed by atoms with Gasteiger partial charge in [0.2, 0.25) is 20.0 Å². The summed E-state index contributed by atoms with van der Waals surface area (Å²) < 4.78 is 55.0. The Bertz CT molecular complexity index is 1120. The molecular formula is C24H33N3O4S2. The molecule has 7 nitrogen and oxygen atoms in total. The minimum Gasteiger partial charge on any atom is -0.298 e. The number of piperazine rings is 1. The predicted molar refractivity (Wildman–Crippen MR) is 129 cm³/mol. The van der Waals surface area contributed by atoms with Gasteiger partial charge in [-0.2, -0.15) is 8.61 Å². The maximum absolute atomic E-state index is 13.2. The van der Waals surface area contributed by atoms with Crippen molar-refractivity contribution in [2.75, 3.05) is 33.2 Å². The van der Waals surface area contributed by atoms with E-state index in [9.17, 15) is 16.8 Å². The van der Waals surface area contributed by atoms with E-state index in [1.54, 1.807) is 0 Å². The molecule has 180 valence electrons. The monoisotopic (exact) mass is 491 g/mol. The number of hydrogen-bond acceptors (Lipinski definition) is 5. The van der Waals surface area contributed by atoms with E-state index in [1.807, 2.05) is 30.3 Å². The zero-order valence-corrected chi connectivity index (χ0v) is 20.8. The van der Waals surface area contributed by atoms with Crippen LogP contribution in [0.2, 0.25) is 0 Å². The van der Waals surface area contributed by atoms with E-state index >= 15 is 0 Å². The maximum Gasteiger partial charge on any atom is 0.243 e. The summed E-state index contributed by atoms with van der Waals surface area (Å²) in [6, 6.07) is 15.5. The van der Waals surface area contributed by atoms with Gasteiger partial charge in [-0.15, -0.1) is 0 Å². The average Bonchev–Trinajstić information content (AvgIpc) is 2.85. The Morgan fingerprint density at radius 1 is 0.788 bits per heavy atom. The first kappa shape index (κ1) is 24.3. The molecule has 1 aliphatic heterocycles. The van der Waals surface area contributed by atoms with Crippen LogP contribution in [-0.2, 0) is 26.6 Å². The van der Waals surface area contributed by atoms with Crippen molar-refractivity contribution in [1.82, 2.24) is 13.5 Å². The minimum atomic E-state index is -3.73. The van der Waals surface area contributed by atoms with Gasteiger partial charge in [0.1, 0.15) is 0 Å². The van der Waals surface area contributed by atoms with Crippen LogP contribution in [0, 0.1) is 0 Å². The van der Waals surface area contributed by atoms with Crippen LogP contribution in [-0.4, -0.2) is 69.6 Å². The molecule has 1 aliphatic carbocycles. The molecule has 0 spiro atoms. The molecule has 33 heavy (non-hydrogen) atoms. The van der Waals surface area contributed by atoms with E-state index < -0.39 is 20.0 Å². The first-order chi connectivity index (χ1) is 15.8. The highest BCUT2D eigenvalue weighted by Crippen LogP contribution is 2.26. The van der Waals surface area contributed by atoms with Crippen LogP contribution in [0.25, 0.3) is 0 Å². The fourth-order valence-electron chi connectivity index (χ4n) is 4.79. The standard InChI is InChI=1S/C24H33N3O4S2/c1-25(20-21-8-4-2-5-9-21)32(28,29)23-12-14-24(15-13-23)33(30,31)27-18-16-26(17-19-27)22-10-6-3-7-11-22/h2,4-5,8-9,12-15,22H,3,6-7,10-11,16-20H2,1H3. The van der Waals surface area contributed by atoms with Gasteiger partial charge in [-0.1, -0.05) is 49.6 Å². The third-order valence-electron chi connectivity index (χ3n) is 6.78. The Labute approximate surface area is 198 Å². The Hall–Kier alpha value is -1.78. The molecule has 0 N–H and O–H groups in total. The van der Waals surface area contributed by atoms with Crippen molar-refractivity contribution >= 4 is 20.0 Å². The van der Waals surface area contributed by atoms with Gasteiger partial charge in [-0.3, -0.25) is 4.90 Å². The molecular weight excluding hydrogens is 458 g/mol. The van der Waals surface area contributed by atoms with Crippen LogP contribution in [0.4, 0.5) is 0 Å². The quantitative estimate of drug-likeness (QED) is 0.595. The van der Waals surface area contributed by atoms with Gasteiger partial charge in [0.15, 0.2) is 0 Å². The molecule has 1 saturated carbocycles. The molecule has 0 aromatic heterocycles. The lowest BCUT2D eigenvalue weighted by molar-refractivity contribution is 0.111. The summed E-state index contributed by atoms with van der Waals surface area (Å²) in [6.07, 6.45) is 6.25. The lowest BCUT2D eigenvalue weighted by Gasteiger charge is -2.40. The van der Waals surface area contributed by atoms with Gasteiger partial charge < -0.3 is 0 Å². The number of rotatable bonds is 7. The highest BCUT2D eigenvalue weighted by atomic mass is 32.2. The number of benzene rings is 2. The second-order valence-corrected chi connectivity index (χ2v) is 12.9. The fraction of sp³-hybridized carbons (Fsp3) is 0.500. The Morgan fingerprint density at radius 3 is 1.97 bits per heavy atom. The smallest absolute Gasteiger partial charge is 0.243 e. The minimum absolute atomic E-state index is 0.0852. The van der Waals surface area contributed by atoms with Crippen molar-refractivity contribution in [3.63, 3.8) is 0 Å². The first-order valence-electron chi connectivity index (χ1n) is 11.6. The summed E-state index contributed by atoms with van der Waals surface area (Å²) in [4.78, 5) is 2.66. The predicted octanol–water partition coefficient (Wildman–Crippen LogP) is 3.15. The lowest BCUT2D eigenvalue weighted by Crippen LogP contribution is -2.52. The average molecular weight is 492 g/mol. The highest BCUT2D eigenvalue weighted by molar-refractivity contribution is 7.89. The molecule has 0 amide bonds. The largest absolute Gasteiger partial charge is 0.298 e. The molecule has 1 saturated heterocycles. The SMILES string of the molecule is CN(Cc1ccccc1)S(=O)(=O)c1ccc(S(=O)(=O)N2CCN(C3CCCCC3)CC2)cc1. The molecule has 2 aromatic rings. The second-order valence-electron chi connectivity index (χ2n) is 8.95. The zero-order chi connectivity index (χ0) is 23.5. The third-order valence-corrected chi connectivity index (χ3v) is 10.5. The van der Waals surface area contributed by atoms with Gasteiger partial charge in [-0.25, -0.2) is 16.8 Å². The van der Waals surface area contributed by atoms with Gasteiger partial charge in [-0.05, 0) is 42.7 Å². The van der Waals surface area contributed by atoms with Crippen LogP contribution in [0.5, 0.6) is 0 Å². The summed E-state index contributed by atoms with van der Waals surface area (Å²) in [5.41, 5.74) is 0.884. The molecule has 2 aliphatic rings. The van der Waals surface area contributed by atoms with Crippen molar-refractivity contribution in [2.24, 2.45) is 0 Å². The topological polar surface area (TPSA) is 78.0 Å². The molecule has 0 unspecified atom stereocenters. The number of hydrogen-bond donors (Lipinski definition) is 0. The summed E-state index contributed by atoms with van der Waals surface area (Å²) in [6.45, 7) is 2.69. The molecule has 4 rings (SSSR count). The molecule has 2 aromatic carbocycles. The van der Waals surface area contributed by atoms with Gasteiger partial charge in [0.25, 0.3) is 0 Å². The fourth-order valence-corrected chi connectivity index (χ4v) is 7.37. The van der Waals surface area contributed by atoms with E-state index in [1.165, 1.54) is 72.0 Å². The third kappa shape index (κ3) is 5.49. The Balaban J connectivity index is 1.41. The van der Waals surface area contributed by atoms with Crippen molar-refractivity contribution < 1.29 is 16.8 Å². The van der Waals surface area contributed by atoms with E-state index in [0.29, 0.717) is 19.1 Å². The van der Waals surface area contributed by atoms with Crippen molar-refractivity contribution in [2.45, 2.75) is 54.5 Å². The van der Waals surface area contributed by atoms with Crippen LogP contribution >= 0.6 is 0 Å². The van der Waals surface area contributed by atoms with Gasteiger partial charge >= 0.3 is 0 Å². The molecule has 0 radical (unpaired) electrons. The normalized spacial score (nSPS) is 19.7. The van der Waals surface area contributed by atoms with Crippen LogP contribution in [0.1, 0.15) is 37.7 Å². The summed E-state index contributed by atoms with van der Waals surface area (Å²) >= 11 is 0. The highest BCUT2D eigenvalue weighted by Gasteiger charge is 2.32. The number of nitrogens with zero attached hydrogens (tertiary/aromatic N) is 3. The summed E-state index contributed by atoms with van der Waals surface area (Å²) in [5, 5.41) is 0. The van der Waals surface area contributed by atoms with Crippen molar-refractivity contribution in [1.29, 1.82) is 0 Å². The lowest BCUT2D eigenvalue weighted by atomic mass is 9.94. The van der Waals surface area contributed by atoms with Crippen LogP contribution < -0.4 is 0 Å². The maximum atomic E-state index is 13.2. The zero-order valence-electron chi connectivity index (χ0n) is 19.1. The van der Waals surface area contributed by atoms with E-state index in [-0.39, 0.29) is 16.3 Å². The summed E-state index contributed by atoms with van der Waals surface area (Å²) in [7, 11) is -5.85. The molecule has 0 atom stereocenters. The van der Waals surface area contributed by atoms with Crippen molar-refractivity contribution in [3.05, 3.63) is 60.2 Å². The molecule has 9 heteroatoms. The Morgan fingerprint density at radius 2 is 1.36 bits per heavy atom. The van der Waals surface area contributed by atoms with Crippen molar-refractivity contribution in [3.8, 4) is 0 Å². The van der Waals surface area contributed by atoms with Gasteiger partial charge in [0.05, 0.1) is 9.79 Å². The molecule has 1 heterocycles. The van der Waals surface area contributed by atoms with E-state index in [4.69, 9.17) is 0 Å².